The number of aryl methyl sites for hydroxylation is 2. The molecule has 0 saturated carbocycles. The molecule has 0 aliphatic carbocycles. The molecule has 0 spiro atoms. The molecular formula is C36H41N5O4. The van der Waals surface area contributed by atoms with Crippen LogP contribution >= 0.6 is 0 Å². The highest BCUT2D eigenvalue weighted by atomic mass is 16.5. The van der Waals surface area contributed by atoms with Gasteiger partial charge in [-0.15, -0.1) is 0 Å². The second-order valence-corrected chi connectivity index (χ2v) is 11.9. The summed E-state index contributed by atoms with van der Waals surface area (Å²) in [5.41, 5.74) is 6.65. The molecule has 1 aromatic heterocycles. The molecule has 0 atom stereocenters. The number of likely N-dealkylation sites (tertiary alicyclic amines) is 1. The van der Waals surface area contributed by atoms with Crippen LogP contribution in [0.4, 0.5) is 22.0 Å². The smallest absolute Gasteiger partial charge is 0.335 e. The number of carbonyl (C=O) groups is 1. The van der Waals surface area contributed by atoms with Crippen molar-refractivity contribution in [2.45, 2.75) is 45.6 Å². The molecule has 1 fully saturated rings. The number of hydrogen-bond acceptors (Lipinski definition) is 7. The van der Waals surface area contributed by atoms with Gasteiger partial charge >= 0.3 is 6.03 Å². The number of hydrogen-bond donors (Lipinski definition) is 0. The van der Waals surface area contributed by atoms with Gasteiger partial charge in [0.1, 0.15) is 28.9 Å². The second kappa shape index (κ2) is 12.8. The van der Waals surface area contributed by atoms with Crippen molar-refractivity contribution in [1.82, 2.24) is 14.9 Å². The molecule has 4 aromatic rings. The van der Waals surface area contributed by atoms with Crippen molar-refractivity contribution < 1.29 is 19.0 Å². The van der Waals surface area contributed by atoms with E-state index in [0.29, 0.717) is 47.7 Å². The van der Waals surface area contributed by atoms with Crippen molar-refractivity contribution in [2.24, 2.45) is 0 Å². The summed E-state index contributed by atoms with van der Waals surface area (Å²) in [5, 5.41) is 0. The lowest BCUT2D eigenvalue weighted by Gasteiger charge is -2.37. The summed E-state index contributed by atoms with van der Waals surface area (Å²) in [6, 6.07) is 17.7. The number of amides is 2. The van der Waals surface area contributed by atoms with E-state index in [0.717, 1.165) is 59.6 Å². The summed E-state index contributed by atoms with van der Waals surface area (Å²) in [6.07, 6.45) is 4.59. The van der Waals surface area contributed by atoms with E-state index >= 15 is 0 Å². The monoisotopic (exact) mass is 607 g/mol. The number of para-hydroxylation sites is 1. The first-order valence-corrected chi connectivity index (χ1v) is 15.4. The third-order valence-corrected chi connectivity index (χ3v) is 9.01. The molecule has 0 N–H and O–H groups in total. The van der Waals surface area contributed by atoms with Crippen LogP contribution in [0.15, 0.2) is 60.8 Å². The molecule has 2 amide bonds. The standard InChI is InChI=1S/C36H41N5O4/c1-23-8-7-9-24(2)34(23)40-22-27-21-37-33(19-25-10-12-29(31(18-25)44-5)26-14-16-39(3)17-15-26)38-35(27)41(36(40)42)30-13-11-28(43-4)20-32(30)45-6/h7-13,18,20-21,26H,14-17,19,22H2,1-6H3. The largest absolute Gasteiger partial charge is 0.497 e. The Morgan fingerprint density at radius 2 is 1.62 bits per heavy atom. The fourth-order valence-electron chi connectivity index (χ4n) is 6.57. The van der Waals surface area contributed by atoms with Crippen LogP contribution in [0.1, 0.15) is 52.4 Å². The molecule has 2 aliphatic rings. The lowest BCUT2D eigenvalue weighted by molar-refractivity contribution is 0.252. The van der Waals surface area contributed by atoms with E-state index < -0.39 is 0 Å². The highest BCUT2D eigenvalue weighted by Crippen LogP contribution is 2.42. The van der Waals surface area contributed by atoms with E-state index in [1.54, 1.807) is 37.2 Å². The van der Waals surface area contributed by atoms with Crippen LogP contribution in [0.2, 0.25) is 0 Å². The van der Waals surface area contributed by atoms with Gasteiger partial charge in [0.15, 0.2) is 0 Å². The molecule has 9 heteroatoms. The topological polar surface area (TPSA) is 80.3 Å². The van der Waals surface area contributed by atoms with Gasteiger partial charge < -0.3 is 19.1 Å². The Labute approximate surface area is 265 Å². The molecule has 0 unspecified atom stereocenters. The molecule has 0 radical (unpaired) electrons. The minimum atomic E-state index is -0.211. The third-order valence-electron chi connectivity index (χ3n) is 9.01. The van der Waals surface area contributed by atoms with Crippen LogP contribution in [0.25, 0.3) is 0 Å². The molecule has 0 bridgehead atoms. The van der Waals surface area contributed by atoms with E-state index in [9.17, 15) is 4.79 Å². The summed E-state index contributed by atoms with van der Waals surface area (Å²) in [7, 11) is 7.11. The zero-order valence-electron chi connectivity index (χ0n) is 27.0. The number of carbonyl (C=O) groups excluding carboxylic acids is 1. The van der Waals surface area contributed by atoms with Crippen LogP contribution in [-0.4, -0.2) is 62.4 Å². The quantitative estimate of drug-likeness (QED) is 0.218. The first-order valence-electron chi connectivity index (χ1n) is 15.4. The van der Waals surface area contributed by atoms with E-state index in [4.69, 9.17) is 24.2 Å². The lowest BCUT2D eigenvalue weighted by Crippen LogP contribution is -2.46. The van der Waals surface area contributed by atoms with Crippen molar-refractivity contribution in [2.75, 3.05) is 51.3 Å². The zero-order valence-corrected chi connectivity index (χ0v) is 27.0. The number of methoxy groups -OCH3 is 3. The Morgan fingerprint density at radius 1 is 0.889 bits per heavy atom. The summed E-state index contributed by atoms with van der Waals surface area (Å²) in [6.45, 7) is 6.58. The maximum absolute atomic E-state index is 14.5. The SMILES string of the molecule is COc1ccc(N2C(=O)N(c3c(C)cccc3C)Cc3cnc(Cc4ccc(C5CCN(C)CC5)c(OC)c4)nc32)c(OC)c1. The van der Waals surface area contributed by atoms with Gasteiger partial charge in [0, 0.05) is 24.2 Å². The molecular weight excluding hydrogens is 566 g/mol. The Hall–Kier alpha value is -4.63. The fourth-order valence-corrected chi connectivity index (χ4v) is 6.57. The van der Waals surface area contributed by atoms with Crippen molar-refractivity contribution in [3.05, 3.63) is 94.4 Å². The molecule has 3 aromatic carbocycles. The van der Waals surface area contributed by atoms with E-state index in [2.05, 4.69) is 30.1 Å². The number of piperidine rings is 1. The molecule has 9 nitrogen and oxygen atoms in total. The van der Waals surface area contributed by atoms with Crippen molar-refractivity contribution >= 4 is 23.2 Å². The molecule has 6 rings (SSSR count). The van der Waals surface area contributed by atoms with Crippen molar-refractivity contribution in [3.8, 4) is 17.2 Å². The minimum absolute atomic E-state index is 0.211. The highest BCUT2D eigenvalue weighted by Gasteiger charge is 2.37. The van der Waals surface area contributed by atoms with Gasteiger partial charge in [0.25, 0.3) is 0 Å². The van der Waals surface area contributed by atoms with Gasteiger partial charge in [-0.3, -0.25) is 4.90 Å². The van der Waals surface area contributed by atoms with Gasteiger partial charge in [-0.1, -0.05) is 30.3 Å². The number of anilines is 3. The number of nitrogens with zero attached hydrogens (tertiary/aromatic N) is 5. The zero-order chi connectivity index (χ0) is 31.7. The van der Waals surface area contributed by atoms with Crippen molar-refractivity contribution in [1.29, 1.82) is 0 Å². The van der Waals surface area contributed by atoms with Crippen LogP contribution in [0, 0.1) is 13.8 Å². The second-order valence-electron chi connectivity index (χ2n) is 11.9. The summed E-state index contributed by atoms with van der Waals surface area (Å²) in [4.78, 5) is 30.1. The first-order chi connectivity index (χ1) is 21.8. The van der Waals surface area contributed by atoms with Gasteiger partial charge in [0.2, 0.25) is 0 Å². The van der Waals surface area contributed by atoms with E-state index in [1.807, 2.05) is 50.4 Å². The third kappa shape index (κ3) is 5.92. The summed E-state index contributed by atoms with van der Waals surface area (Å²) in [5.74, 6) is 3.70. The highest BCUT2D eigenvalue weighted by molar-refractivity contribution is 6.11. The van der Waals surface area contributed by atoms with Crippen molar-refractivity contribution in [3.63, 3.8) is 0 Å². The Bertz CT molecular complexity index is 1700. The maximum Gasteiger partial charge on any atom is 0.335 e. The van der Waals surface area contributed by atoms with Crippen LogP contribution in [0.5, 0.6) is 17.2 Å². The summed E-state index contributed by atoms with van der Waals surface area (Å²) >= 11 is 0. The lowest BCUT2D eigenvalue weighted by atomic mass is 9.88. The maximum atomic E-state index is 14.5. The average molecular weight is 608 g/mol. The predicted octanol–water partition coefficient (Wildman–Crippen LogP) is 6.80. The van der Waals surface area contributed by atoms with Gasteiger partial charge in [-0.25, -0.2) is 19.7 Å². The number of urea groups is 1. The molecule has 3 heterocycles. The Balaban J connectivity index is 1.39. The fraction of sp³-hybridized carbons (Fsp3) is 0.361. The van der Waals surface area contributed by atoms with E-state index in [-0.39, 0.29) is 6.03 Å². The normalized spacial score (nSPS) is 15.6. The Kier molecular flexibility index (Phi) is 8.63. The molecule has 1 saturated heterocycles. The molecule has 2 aliphatic heterocycles. The van der Waals surface area contributed by atoms with Gasteiger partial charge in [0.05, 0.1) is 39.2 Å². The van der Waals surface area contributed by atoms with Crippen LogP contribution in [0.3, 0.4) is 0 Å². The number of aromatic nitrogens is 2. The van der Waals surface area contributed by atoms with Gasteiger partial charge in [-0.2, -0.15) is 0 Å². The number of ether oxygens (including phenoxy) is 3. The number of fused-ring (bicyclic) bond motifs is 1. The van der Waals surface area contributed by atoms with Gasteiger partial charge in [-0.05, 0) is 93.2 Å². The summed E-state index contributed by atoms with van der Waals surface area (Å²) < 4.78 is 17.1. The minimum Gasteiger partial charge on any atom is -0.497 e. The first kappa shape index (κ1) is 30.4. The number of benzene rings is 3. The van der Waals surface area contributed by atoms with E-state index in [1.165, 1.54) is 5.56 Å². The number of rotatable bonds is 8. The predicted molar refractivity (Wildman–Crippen MR) is 176 cm³/mol. The van der Waals surface area contributed by atoms with Crippen LogP contribution in [-0.2, 0) is 13.0 Å². The average Bonchev–Trinajstić information content (AvgIpc) is 3.05. The Morgan fingerprint density at radius 3 is 2.31 bits per heavy atom. The van der Waals surface area contributed by atoms with Crippen LogP contribution < -0.4 is 24.0 Å². The molecule has 45 heavy (non-hydrogen) atoms. The molecule has 234 valence electrons.